The molecule has 2 rings (SSSR count). The molecule has 0 aromatic heterocycles. The van der Waals surface area contributed by atoms with Crippen LogP contribution in [0, 0.1) is 17.3 Å². The molecule has 1 N–H and O–H groups in total. The van der Waals surface area contributed by atoms with E-state index in [2.05, 4.69) is 37.8 Å². The fourth-order valence-electron chi connectivity index (χ4n) is 3.41. The molecule has 3 atom stereocenters. The van der Waals surface area contributed by atoms with E-state index in [1.165, 1.54) is 50.2 Å². The van der Waals surface area contributed by atoms with Crippen molar-refractivity contribution in [2.45, 2.75) is 58.9 Å². The smallest absolute Gasteiger partial charge is 0.0163 e. The monoisotopic (exact) mass is 255 g/mol. The summed E-state index contributed by atoms with van der Waals surface area (Å²) >= 11 is 2.13. The van der Waals surface area contributed by atoms with Crippen molar-refractivity contribution in [3.63, 3.8) is 0 Å². The normalized spacial score (nSPS) is 37.9. The third-order valence-corrected chi connectivity index (χ3v) is 6.19. The van der Waals surface area contributed by atoms with Gasteiger partial charge in [-0.05, 0) is 42.4 Å². The number of nitrogens with one attached hydrogen (secondary N) is 1. The van der Waals surface area contributed by atoms with E-state index < -0.39 is 0 Å². The highest BCUT2D eigenvalue weighted by molar-refractivity contribution is 7.99. The molecule has 0 bridgehead atoms. The van der Waals surface area contributed by atoms with Gasteiger partial charge in [0.15, 0.2) is 0 Å². The van der Waals surface area contributed by atoms with E-state index in [-0.39, 0.29) is 0 Å². The molecule has 1 nitrogen and oxygen atoms in total. The van der Waals surface area contributed by atoms with Gasteiger partial charge < -0.3 is 5.32 Å². The Morgan fingerprint density at radius 3 is 2.71 bits per heavy atom. The van der Waals surface area contributed by atoms with Crippen LogP contribution in [-0.2, 0) is 0 Å². The minimum absolute atomic E-state index is 0.540. The van der Waals surface area contributed by atoms with E-state index in [1.54, 1.807) is 0 Å². The van der Waals surface area contributed by atoms with Crippen molar-refractivity contribution in [1.82, 2.24) is 5.32 Å². The van der Waals surface area contributed by atoms with Crippen LogP contribution in [0.2, 0.25) is 0 Å². The quantitative estimate of drug-likeness (QED) is 0.820. The first kappa shape index (κ1) is 13.7. The van der Waals surface area contributed by atoms with E-state index in [9.17, 15) is 0 Å². The summed E-state index contributed by atoms with van der Waals surface area (Å²) in [5, 5.41) is 3.86. The SMILES string of the molecule is CC1CCCCC1CNC1CSCC(C)(C)C1. The average molecular weight is 255 g/mol. The van der Waals surface area contributed by atoms with Crippen LogP contribution in [0.25, 0.3) is 0 Å². The fourth-order valence-corrected chi connectivity index (χ4v) is 4.72. The molecule has 2 fully saturated rings. The van der Waals surface area contributed by atoms with Crippen molar-refractivity contribution in [2.75, 3.05) is 18.1 Å². The van der Waals surface area contributed by atoms with E-state index in [0.717, 1.165) is 17.9 Å². The van der Waals surface area contributed by atoms with Crippen molar-refractivity contribution < 1.29 is 0 Å². The van der Waals surface area contributed by atoms with Crippen molar-refractivity contribution in [3.8, 4) is 0 Å². The van der Waals surface area contributed by atoms with Crippen molar-refractivity contribution in [1.29, 1.82) is 0 Å². The Kier molecular flexibility index (Phi) is 4.82. The molecule has 1 aliphatic carbocycles. The van der Waals surface area contributed by atoms with Crippen LogP contribution in [0.4, 0.5) is 0 Å². The Hall–Kier alpha value is 0.310. The fraction of sp³-hybridized carbons (Fsp3) is 1.00. The van der Waals surface area contributed by atoms with Crippen molar-refractivity contribution in [3.05, 3.63) is 0 Å². The molecule has 0 radical (unpaired) electrons. The molecule has 0 amide bonds. The van der Waals surface area contributed by atoms with Gasteiger partial charge >= 0.3 is 0 Å². The molecular weight excluding hydrogens is 226 g/mol. The number of rotatable bonds is 3. The van der Waals surface area contributed by atoms with Crippen LogP contribution in [0.5, 0.6) is 0 Å². The van der Waals surface area contributed by atoms with Crippen LogP contribution in [0.3, 0.4) is 0 Å². The summed E-state index contributed by atoms with van der Waals surface area (Å²) in [7, 11) is 0. The molecule has 2 aliphatic rings. The van der Waals surface area contributed by atoms with E-state index in [4.69, 9.17) is 0 Å². The Labute approximate surface area is 112 Å². The molecule has 0 spiro atoms. The molecular formula is C15H29NS. The zero-order chi connectivity index (χ0) is 12.3. The summed E-state index contributed by atoms with van der Waals surface area (Å²) in [6.45, 7) is 8.54. The first-order valence-corrected chi connectivity index (χ1v) is 8.53. The lowest BCUT2D eigenvalue weighted by Crippen LogP contribution is -2.43. The van der Waals surface area contributed by atoms with Crippen molar-refractivity contribution >= 4 is 11.8 Å². The summed E-state index contributed by atoms with van der Waals surface area (Å²) in [4.78, 5) is 0. The Morgan fingerprint density at radius 1 is 1.24 bits per heavy atom. The maximum Gasteiger partial charge on any atom is 0.0163 e. The third kappa shape index (κ3) is 4.17. The van der Waals surface area contributed by atoms with E-state index in [1.807, 2.05) is 0 Å². The van der Waals surface area contributed by atoms with Gasteiger partial charge in [-0.1, -0.05) is 40.0 Å². The first-order valence-electron chi connectivity index (χ1n) is 7.38. The summed E-state index contributed by atoms with van der Waals surface area (Å²) in [6, 6.07) is 0.762. The summed E-state index contributed by atoms with van der Waals surface area (Å²) < 4.78 is 0. The lowest BCUT2D eigenvalue weighted by Gasteiger charge is -2.37. The molecule has 0 aromatic carbocycles. The topological polar surface area (TPSA) is 12.0 Å². The van der Waals surface area contributed by atoms with Crippen molar-refractivity contribution in [2.24, 2.45) is 17.3 Å². The van der Waals surface area contributed by atoms with Crippen LogP contribution >= 0.6 is 11.8 Å². The van der Waals surface area contributed by atoms with Gasteiger partial charge in [0.05, 0.1) is 0 Å². The average Bonchev–Trinajstić information content (AvgIpc) is 2.27. The molecule has 100 valence electrons. The number of hydrogen-bond acceptors (Lipinski definition) is 2. The zero-order valence-corrected chi connectivity index (χ0v) is 12.6. The second-order valence-corrected chi connectivity index (χ2v) is 8.04. The van der Waals surface area contributed by atoms with Crippen LogP contribution in [0.15, 0.2) is 0 Å². The highest BCUT2D eigenvalue weighted by Crippen LogP contribution is 2.34. The predicted octanol–water partition coefficient (Wildman–Crippen LogP) is 3.93. The zero-order valence-electron chi connectivity index (χ0n) is 11.8. The summed E-state index contributed by atoms with van der Waals surface area (Å²) in [5.74, 6) is 4.55. The molecule has 1 aliphatic heterocycles. The molecule has 3 unspecified atom stereocenters. The van der Waals surface area contributed by atoms with Crippen LogP contribution < -0.4 is 5.32 Å². The number of thioether (sulfide) groups is 1. The second-order valence-electron chi connectivity index (χ2n) is 7.01. The highest BCUT2D eigenvalue weighted by atomic mass is 32.2. The van der Waals surface area contributed by atoms with E-state index in [0.29, 0.717) is 5.41 Å². The van der Waals surface area contributed by atoms with E-state index >= 15 is 0 Å². The molecule has 1 saturated carbocycles. The summed E-state index contributed by atoms with van der Waals surface area (Å²) in [6.07, 6.45) is 7.20. The van der Waals surface area contributed by atoms with Gasteiger partial charge in [-0.2, -0.15) is 11.8 Å². The summed E-state index contributed by atoms with van der Waals surface area (Å²) in [5.41, 5.74) is 0.540. The van der Waals surface area contributed by atoms with Gasteiger partial charge in [0.2, 0.25) is 0 Å². The Bertz CT molecular complexity index is 239. The second kappa shape index (κ2) is 5.97. The predicted molar refractivity (Wildman–Crippen MR) is 78.6 cm³/mol. The maximum absolute atomic E-state index is 3.86. The molecule has 1 saturated heterocycles. The van der Waals surface area contributed by atoms with Gasteiger partial charge in [-0.25, -0.2) is 0 Å². The number of hydrogen-bond donors (Lipinski definition) is 1. The Morgan fingerprint density at radius 2 is 2.00 bits per heavy atom. The lowest BCUT2D eigenvalue weighted by molar-refractivity contribution is 0.230. The first-order chi connectivity index (χ1) is 8.07. The maximum atomic E-state index is 3.86. The van der Waals surface area contributed by atoms with Crippen LogP contribution in [0.1, 0.15) is 52.9 Å². The minimum Gasteiger partial charge on any atom is -0.313 e. The molecule has 0 aromatic rings. The lowest BCUT2D eigenvalue weighted by atomic mass is 9.80. The molecule has 17 heavy (non-hydrogen) atoms. The Balaban J connectivity index is 1.73. The minimum atomic E-state index is 0.540. The molecule has 1 heterocycles. The van der Waals surface area contributed by atoms with Gasteiger partial charge in [0.25, 0.3) is 0 Å². The van der Waals surface area contributed by atoms with Gasteiger partial charge in [0, 0.05) is 11.8 Å². The third-order valence-electron chi connectivity index (χ3n) is 4.57. The van der Waals surface area contributed by atoms with Crippen LogP contribution in [-0.4, -0.2) is 24.1 Å². The molecule has 2 heteroatoms. The van der Waals surface area contributed by atoms with Gasteiger partial charge in [-0.3, -0.25) is 0 Å². The highest BCUT2D eigenvalue weighted by Gasteiger charge is 2.29. The van der Waals surface area contributed by atoms with Gasteiger partial charge in [0.1, 0.15) is 0 Å². The van der Waals surface area contributed by atoms with Gasteiger partial charge in [-0.15, -0.1) is 0 Å². The largest absolute Gasteiger partial charge is 0.313 e. The standard InChI is InChI=1S/C15H29NS/c1-12-6-4-5-7-13(12)9-16-14-8-15(2,3)11-17-10-14/h12-14,16H,4-11H2,1-3H3.